The second-order valence-corrected chi connectivity index (χ2v) is 24.3. The molecule has 0 spiro atoms. The van der Waals surface area contributed by atoms with E-state index in [0.717, 1.165) is 87.7 Å². The molecule has 9 saturated carbocycles. The Kier molecular flexibility index (Phi) is 10.1. The minimum atomic E-state index is 0.506. The maximum absolute atomic E-state index is 7.82. The highest BCUT2D eigenvalue weighted by molar-refractivity contribution is 8.00. The predicted octanol–water partition coefficient (Wildman–Crippen LogP) is 12.2. The molecule has 0 aromatic carbocycles. The van der Waals surface area contributed by atoms with Crippen molar-refractivity contribution < 1.29 is 9.47 Å². The van der Waals surface area contributed by atoms with Gasteiger partial charge in [-0.3, -0.25) is 4.90 Å². The van der Waals surface area contributed by atoms with Gasteiger partial charge < -0.3 is 9.47 Å². The topological polar surface area (TPSA) is 21.7 Å². The van der Waals surface area contributed by atoms with Crippen LogP contribution in [0.25, 0.3) is 0 Å². The summed E-state index contributed by atoms with van der Waals surface area (Å²) in [6, 6.07) is 2.33. The van der Waals surface area contributed by atoms with Crippen LogP contribution < -0.4 is 0 Å². The Morgan fingerprint density at radius 3 is 1.83 bits per heavy atom. The highest BCUT2D eigenvalue weighted by Gasteiger charge is 2.62. The summed E-state index contributed by atoms with van der Waals surface area (Å²) in [6.45, 7) is 0. The maximum atomic E-state index is 7.82. The molecule has 12 rings (SSSR count). The summed E-state index contributed by atoms with van der Waals surface area (Å²) in [4.78, 5) is 3.42. The van der Waals surface area contributed by atoms with Gasteiger partial charge in [0, 0.05) is 34.5 Å². The van der Waals surface area contributed by atoms with Crippen LogP contribution in [-0.4, -0.2) is 57.9 Å². The van der Waals surface area contributed by atoms with Crippen LogP contribution in [0.15, 0.2) is 0 Å². The number of ether oxygens (including phenoxy) is 2. The second kappa shape index (κ2) is 15.0. The SMILES string of the molecule is C1CCC2CC(C3CCC(N(C4CCCC5C6CCC7OC8CCCCC8C7C6OC54)C4CCCC5C6CC7CCCCC7CC6SC54)CC3)CCC2C1. The Bertz CT molecular complexity index is 1320. The highest BCUT2D eigenvalue weighted by Crippen LogP contribution is 2.62. The standard InChI is InChI=1S/C50H79NO2S/c1-2-10-32-27-35(20-19-30(32)9-1)31-21-23-36(24-22-31)51(43-17-8-15-39-41-28-33-11-3-4-12-34(33)29-46(41)54-50(39)43)42-16-7-14-37-38-25-26-45-47(49(38)53-48(37)42)40-13-5-6-18-44(40)52-45/h30-50H,1-29H2. The van der Waals surface area contributed by atoms with Crippen molar-refractivity contribution in [3.05, 3.63) is 0 Å². The molecule has 0 aromatic heterocycles. The van der Waals surface area contributed by atoms with Gasteiger partial charge >= 0.3 is 0 Å². The number of thioether (sulfide) groups is 1. The quantitative estimate of drug-likeness (QED) is 0.285. The minimum absolute atomic E-state index is 0.506. The van der Waals surface area contributed by atoms with Gasteiger partial charge in [-0.1, -0.05) is 77.0 Å². The van der Waals surface area contributed by atoms with Gasteiger partial charge in [0.25, 0.3) is 0 Å². The molecule has 0 radical (unpaired) electrons. The highest BCUT2D eigenvalue weighted by atomic mass is 32.2. The Labute approximate surface area is 335 Å². The first-order valence-electron chi connectivity index (χ1n) is 25.5. The molecule has 12 fully saturated rings. The van der Waals surface area contributed by atoms with Crippen LogP contribution in [0.5, 0.6) is 0 Å². The molecule has 302 valence electrons. The number of fused-ring (bicyclic) bond motifs is 12. The molecule has 4 heteroatoms. The summed E-state index contributed by atoms with van der Waals surface area (Å²) in [5, 5.41) is 1.90. The van der Waals surface area contributed by atoms with Crippen molar-refractivity contribution >= 4 is 11.8 Å². The van der Waals surface area contributed by atoms with E-state index in [4.69, 9.17) is 9.47 Å². The number of rotatable bonds is 4. The molecular weight excluding hydrogens is 679 g/mol. The summed E-state index contributed by atoms with van der Waals surface area (Å²) >= 11 is 2.60. The monoisotopic (exact) mass is 758 g/mol. The van der Waals surface area contributed by atoms with Crippen LogP contribution in [0, 0.1) is 71.0 Å². The van der Waals surface area contributed by atoms with Crippen molar-refractivity contribution in [1.82, 2.24) is 4.90 Å². The molecule has 3 saturated heterocycles. The van der Waals surface area contributed by atoms with E-state index in [-0.39, 0.29) is 0 Å². The van der Waals surface area contributed by atoms with Crippen molar-refractivity contribution in [2.75, 3.05) is 0 Å². The normalized spacial score (nSPS) is 56.7. The first kappa shape index (κ1) is 36.1. The van der Waals surface area contributed by atoms with Crippen LogP contribution in [0.2, 0.25) is 0 Å². The van der Waals surface area contributed by atoms with Gasteiger partial charge in [-0.25, -0.2) is 0 Å². The van der Waals surface area contributed by atoms with E-state index in [1.807, 2.05) is 0 Å². The Balaban J connectivity index is 0.823. The number of hydrogen-bond donors (Lipinski definition) is 0. The van der Waals surface area contributed by atoms with E-state index in [0.29, 0.717) is 36.4 Å². The third kappa shape index (κ3) is 6.16. The van der Waals surface area contributed by atoms with Crippen molar-refractivity contribution in [2.45, 2.75) is 239 Å². The fourth-order valence-electron chi connectivity index (χ4n) is 18.7. The third-order valence-corrected chi connectivity index (χ3v) is 22.7. The van der Waals surface area contributed by atoms with E-state index < -0.39 is 0 Å². The van der Waals surface area contributed by atoms with Gasteiger partial charge in [-0.05, 0) is 174 Å². The van der Waals surface area contributed by atoms with Gasteiger partial charge in [0.2, 0.25) is 0 Å². The summed E-state index contributed by atoms with van der Waals surface area (Å²) in [6.07, 6.45) is 45.7. The third-order valence-electron chi connectivity index (χ3n) is 20.9. The molecule has 12 aliphatic rings. The zero-order valence-electron chi connectivity index (χ0n) is 34.3. The van der Waals surface area contributed by atoms with Crippen molar-refractivity contribution in [1.29, 1.82) is 0 Å². The Morgan fingerprint density at radius 2 is 0.981 bits per heavy atom. The lowest BCUT2D eigenvalue weighted by atomic mass is 9.62. The fourth-order valence-corrected chi connectivity index (χ4v) is 20.9. The molecule has 0 N–H and O–H groups in total. The van der Waals surface area contributed by atoms with Crippen LogP contribution in [0.1, 0.15) is 186 Å². The molecule has 9 aliphatic carbocycles. The van der Waals surface area contributed by atoms with Crippen LogP contribution >= 0.6 is 11.8 Å². The van der Waals surface area contributed by atoms with Crippen molar-refractivity contribution in [3.63, 3.8) is 0 Å². The van der Waals surface area contributed by atoms with Crippen LogP contribution in [-0.2, 0) is 9.47 Å². The van der Waals surface area contributed by atoms with Crippen LogP contribution in [0.4, 0.5) is 0 Å². The average molecular weight is 758 g/mol. The predicted molar refractivity (Wildman–Crippen MR) is 221 cm³/mol. The zero-order valence-corrected chi connectivity index (χ0v) is 35.1. The zero-order chi connectivity index (χ0) is 35.3. The molecule has 0 bridgehead atoms. The maximum Gasteiger partial charge on any atom is 0.0766 e. The Hall–Kier alpha value is 0.230. The molecule has 0 aromatic rings. The van der Waals surface area contributed by atoms with Crippen molar-refractivity contribution in [3.8, 4) is 0 Å². The largest absolute Gasteiger partial charge is 0.374 e. The lowest BCUT2D eigenvalue weighted by molar-refractivity contribution is -0.104. The molecule has 0 amide bonds. The fraction of sp³-hybridized carbons (Fsp3) is 1.00. The van der Waals surface area contributed by atoms with Gasteiger partial charge in [0.05, 0.1) is 24.4 Å². The molecule has 19 unspecified atom stereocenters. The lowest BCUT2D eigenvalue weighted by Gasteiger charge is -2.54. The first-order chi connectivity index (χ1) is 26.7. The molecule has 3 heterocycles. The summed E-state index contributed by atoms with van der Waals surface area (Å²) in [7, 11) is 0. The molecular formula is C50H79NO2S. The van der Waals surface area contributed by atoms with Crippen molar-refractivity contribution in [2.24, 2.45) is 71.0 Å². The van der Waals surface area contributed by atoms with E-state index in [9.17, 15) is 0 Å². The van der Waals surface area contributed by atoms with E-state index in [1.165, 1.54) is 109 Å². The van der Waals surface area contributed by atoms with Gasteiger partial charge in [0.15, 0.2) is 0 Å². The van der Waals surface area contributed by atoms with Gasteiger partial charge in [-0.15, -0.1) is 0 Å². The summed E-state index contributed by atoms with van der Waals surface area (Å²) in [5.74, 6) is 11.6. The number of nitrogens with zero attached hydrogens (tertiary/aromatic N) is 1. The summed E-state index contributed by atoms with van der Waals surface area (Å²) in [5.41, 5.74) is 0. The average Bonchev–Trinajstić information content (AvgIpc) is 3.92. The second-order valence-electron chi connectivity index (χ2n) is 22.8. The smallest absolute Gasteiger partial charge is 0.0766 e. The van der Waals surface area contributed by atoms with Crippen LogP contribution in [0.3, 0.4) is 0 Å². The van der Waals surface area contributed by atoms with Gasteiger partial charge in [-0.2, -0.15) is 11.8 Å². The lowest BCUT2D eigenvalue weighted by Crippen LogP contribution is -2.61. The van der Waals surface area contributed by atoms with E-state index in [1.54, 1.807) is 77.0 Å². The first-order valence-corrected chi connectivity index (χ1v) is 26.4. The van der Waals surface area contributed by atoms with E-state index >= 15 is 0 Å². The van der Waals surface area contributed by atoms with Gasteiger partial charge in [0.1, 0.15) is 0 Å². The Morgan fingerprint density at radius 1 is 0.370 bits per heavy atom. The molecule has 54 heavy (non-hydrogen) atoms. The molecule has 3 nitrogen and oxygen atoms in total. The molecule has 3 aliphatic heterocycles. The minimum Gasteiger partial charge on any atom is -0.374 e. The van der Waals surface area contributed by atoms with E-state index in [2.05, 4.69) is 16.7 Å². The molecule has 19 atom stereocenters. The summed E-state index contributed by atoms with van der Waals surface area (Å²) < 4.78 is 14.7. The number of hydrogen-bond acceptors (Lipinski definition) is 4.